The van der Waals surface area contributed by atoms with E-state index < -0.39 is 0 Å². The van der Waals surface area contributed by atoms with Gasteiger partial charge in [-0.25, -0.2) is 0 Å². The molecule has 2 nitrogen and oxygen atoms in total. The molecule has 30 heavy (non-hydrogen) atoms. The minimum absolute atomic E-state index is 0.510. The molecule has 4 aromatic carbocycles. The molecule has 0 aliphatic heterocycles. The smallest absolute Gasteiger partial charge is 0.150 e. The van der Waals surface area contributed by atoms with E-state index in [9.17, 15) is 9.59 Å². The van der Waals surface area contributed by atoms with Crippen LogP contribution in [0.4, 0.5) is 0 Å². The summed E-state index contributed by atoms with van der Waals surface area (Å²) in [4.78, 5) is 23.5. The van der Waals surface area contributed by atoms with Gasteiger partial charge in [-0.15, -0.1) is 0 Å². The lowest BCUT2D eigenvalue weighted by Crippen LogP contribution is -1.97. The van der Waals surface area contributed by atoms with Gasteiger partial charge in [0.2, 0.25) is 0 Å². The molecule has 0 unspecified atom stereocenters. The van der Waals surface area contributed by atoms with Crippen molar-refractivity contribution in [3.05, 3.63) is 107 Å². The maximum absolute atomic E-state index is 11.8. The molecule has 0 radical (unpaired) electrons. The summed E-state index contributed by atoms with van der Waals surface area (Å²) in [6.45, 7) is 4.26. The van der Waals surface area contributed by atoms with E-state index in [-0.39, 0.29) is 0 Å². The van der Waals surface area contributed by atoms with Crippen molar-refractivity contribution in [1.29, 1.82) is 0 Å². The fraction of sp³-hybridized carbons (Fsp3) is 0.0714. The molecule has 4 aromatic rings. The number of aldehydes is 2. The first-order chi connectivity index (χ1) is 14.7. The number of carbonyl (C=O) groups excluding carboxylic acids is 2. The maximum atomic E-state index is 11.8. The molecule has 0 bridgehead atoms. The SMILES string of the molecule is Cc1cccc(-c2ccccc2-c2ccccc2-c2c(C=O)cccc2C=O)c1C. The lowest BCUT2D eigenvalue weighted by Gasteiger charge is -2.18. The molecule has 0 fully saturated rings. The number of aryl methyl sites for hydroxylation is 1. The van der Waals surface area contributed by atoms with E-state index in [0.29, 0.717) is 16.7 Å². The molecule has 146 valence electrons. The van der Waals surface area contributed by atoms with Gasteiger partial charge in [-0.05, 0) is 52.8 Å². The monoisotopic (exact) mass is 390 g/mol. The van der Waals surface area contributed by atoms with Crippen LogP contribution in [0.15, 0.2) is 84.9 Å². The van der Waals surface area contributed by atoms with Gasteiger partial charge in [0.05, 0.1) is 0 Å². The Morgan fingerprint density at radius 2 is 0.933 bits per heavy atom. The lowest BCUT2D eigenvalue weighted by atomic mass is 9.85. The van der Waals surface area contributed by atoms with E-state index in [0.717, 1.165) is 34.8 Å². The normalized spacial score (nSPS) is 10.6. The summed E-state index contributed by atoms with van der Waals surface area (Å²) in [5, 5.41) is 0. The summed E-state index contributed by atoms with van der Waals surface area (Å²) in [6, 6.07) is 27.8. The standard InChI is InChI=1S/C28H22O2/c1-19-9-7-16-23(20(19)2)24-12-3-4-13-25(24)26-14-5-6-15-27(26)28-21(17-29)10-8-11-22(28)18-30/h3-18H,1-2H3. The predicted molar refractivity (Wildman–Crippen MR) is 123 cm³/mol. The molecule has 0 aliphatic rings. The van der Waals surface area contributed by atoms with Crippen LogP contribution in [0.2, 0.25) is 0 Å². The highest BCUT2D eigenvalue weighted by atomic mass is 16.1. The van der Waals surface area contributed by atoms with Crippen molar-refractivity contribution in [2.45, 2.75) is 13.8 Å². The van der Waals surface area contributed by atoms with Gasteiger partial charge in [0.1, 0.15) is 0 Å². The molecule has 0 saturated heterocycles. The van der Waals surface area contributed by atoms with Crippen LogP contribution >= 0.6 is 0 Å². The van der Waals surface area contributed by atoms with Crippen molar-refractivity contribution in [3.63, 3.8) is 0 Å². The van der Waals surface area contributed by atoms with E-state index in [1.54, 1.807) is 18.2 Å². The molecule has 0 aliphatic carbocycles. The summed E-state index contributed by atoms with van der Waals surface area (Å²) >= 11 is 0. The molecular weight excluding hydrogens is 368 g/mol. The molecule has 0 amide bonds. The second-order valence-corrected chi connectivity index (χ2v) is 7.39. The van der Waals surface area contributed by atoms with Crippen LogP contribution in [0.25, 0.3) is 33.4 Å². The van der Waals surface area contributed by atoms with Crippen LogP contribution in [0.1, 0.15) is 31.8 Å². The first-order valence-electron chi connectivity index (χ1n) is 9.94. The second-order valence-electron chi connectivity index (χ2n) is 7.39. The predicted octanol–water partition coefficient (Wildman–Crippen LogP) is 6.93. The van der Waals surface area contributed by atoms with Gasteiger partial charge in [-0.1, -0.05) is 84.9 Å². The minimum atomic E-state index is 0.510. The number of rotatable bonds is 5. The Hall–Kier alpha value is -3.78. The molecule has 0 spiro atoms. The van der Waals surface area contributed by atoms with Crippen LogP contribution < -0.4 is 0 Å². The van der Waals surface area contributed by atoms with Crippen LogP contribution in [0.3, 0.4) is 0 Å². The van der Waals surface area contributed by atoms with E-state index in [1.165, 1.54) is 16.7 Å². The highest BCUT2D eigenvalue weighted by Gasteiger charge is 2.17. The number of carbonyl (C=O) groups is 2. The van der Waals surface area contributed by atoms with Crippen LogP contribution in [0.5, 0.6) is 0 Å². The first kappa shape index (κ1) is 19.5. The Morgan fingerprint density at radius 1 is 0.500 bits per heavy atom. The van der Waals surface area contributed by atoms with Gasteiger partial charge in [0, 0.05) is 16.7 Å². The van der Waals surface area contributed by atoms with E-state index in [1.807, 2.05) is 30.3 Å². The molecule has 0 saturated carbocycles. The first-order valence-corrected chi connectivity index (χ1v) is 9.94. The number of hydrogen-bond donors (Lipinski definition) is 0. The summed E-state index contributed by atoms with van der Waals surface area (Å²) in [5.41, 5.74) is 9.42. The van der Waals surface area contributed by atoms with Crippen molar-refractivity contribution in [3.8, 4) is 33.4 Å². The van der Waals surface area contributed by atoms with Gasteiger partial charge < -0.3 is 0 Å². The van der Waals surface area contributed by atoms with E-state index in [2.05, 4.69) is 50.2 Å². The Bertz CT molecular complexity index is 1220. The van der Waals surface area contributed by atoms with Crippen molar-refractivity contribution in [2.24, 2.45) is 0 Å². The Balaban J connectivity index is 2.03. The minimum Gasteiger partial charge on any atom is -0.298 e. The Labute approximate surface area is 176 Å². The molecule has 0 aromatic heterocycles. The Kier molecular flexibility index (Phi) is 5.40. The fourth-order valence-corrected chi connectivity index (χ4v) is 4.03. The zero-order valence-corrected chi connectivity index (χ0v) is 17.1. The third kappa shape index (κ3) is 3.37. The van der Waals surface area contributed by atoms with Crippen LogP contribution in [-0.4, -0.2) is 12.6 Å². The van der Waals surface area contributed by atoms with Crippen LogP contribution in [-0.2, 0) is 0 Å². The van der Waals surface area contributed by atoms with Gasteiger partial charge in [-0.3, -0.25) is 9.59 Å². The quantitative estimate of drug-likeness (QED) is 0.346. The summed E-state index contributed by atoms with van der Waals surface area (Å²) in [6.07, 6.45) is 1.63. The average Bonchev–Trinajstić information content (AvgIpc) is 2.80. The van der Waals surface area contributed by atoms with E-state index in [4.69, 9.17) is 0 Å². The van der Waals surface area contributed by atoms with Crippen molar-refractivity contribution >= 4 is 12.6 Å². The maximum Gasteiger partial charge on any atom is 0.150 e. The summed E-state index contributed by atoms with van der Waals surface area (Å²) < 4.78 is 0. The van der Waals surface area contributed by atoms with Gasteiger partial charge in [0.25, 0.3) is 0 Å². The average molecular weight is 390 g/mol. The van der Waals surface area contributed by atoms with Crippen molar-refractivity contribution in [1.82, 2.24) is 0 Å². The molecule has 2 heteroatoms. The molecule has 0 heterocycles. The molecular formula is C28H22O2. The lowest BCUT2D eigenvalue weighted by molar-refractivity contribution is 0.112. The Morgan fingerprint density at radius 3 is 1.50 bits per heavy atom. The summed E-state index contributed by atoms with van der Waals surface area (Å²) in [5.74, 6) is 0. The molecule has 0 N–H and O–H groups in total. The van der Waals surface area contributed by atoms with Gasteiger partial charge >= 0.3 is 0 Å². The highest BCUT2D eigenvalue weighted by molar-refractivity contribution is 6.02. The van der Waals surface area contributed by atoms with Crippen molar-refractivity contribution < 1.29 is 9.59 Å². The fourth-order valence-electron chi connectivity index (χ4n) is 4.03. The zero-order valence-electron chi connectivity index (χ0n) is 17.1. The number of benzene rings is 4. The van der Waals surface area contributed by atoms with Gasteiger partial charge in [0.15, 0.2) is 12.6 Å². The number of hydrogen-bond acceptors (Lipinski definition) is 2. The third-order valence-electron chi connectivity index (χ3n) is 5.69. The molecule has 4 rings (SSSR count). The second kappa shape index (κ2) is 8.30. The zero-order chi connectivity index (χ0) is 21.1. The van der Waals surface area contributed by atoms with Gasteiger partial charge in [-0.2, -0.15) is 0 Å². The van der Waals surface area contributed by atoms with E-state index >= 15 is 0 Å². The summed E-state index contributed by atoms with van der Waals surface area (Å²) in [7, 11) is 0. The van der Waals surface area contributed by atoms with Crippen LogP contribution in [0, 0.1) is 13.8 Å². The highest BCUT2D eigenvalue weighted by Crippen LogP contribution is 2.40. The molecule has 0 atom stereocenters. The largest absolute Gasteiger partial charge is 0.298 e. The third-order valence-corrected chi connectivity index (χ3v) is 5.69. The van der Waals surface area contributed by atoms with Crippen molar-refractivity contribution in [2.75, 3.05) is 0 Å². The topological polar surface area (TPSA) is 34.1 Å².